The molecule has 0 aliphatic rings. The van der Waals surface area contributed by atoms with Gasteiger partial charge in [0.15, 0.2) is 0 Å². The van der Waals surface area contributed by atoms with Crippen molar-refractivity contribution in [2.75, 3.05) is 0 Å². The molecule has 2 aromatic heterocycles. The van der Waals surface area contributed by atoms with Crippen LogP contribution in [0.2, 0.25) is 0 Å². The van der Waals surface area contributed by atoms with Crippen LogP contribution in [0.5, 0.6) is 0 Å². The number of para-hydroxylation sites is 1. The summed E-state index contributed by atoms with van der Waals surface area (Å²) >= 11 is 0. The number of hydrogen-bond donors (Lipinski definition) is 1. The van der Waals surface area contributed by atoms with Crippen LogP contribution < -0.4 is 5.32 Å². The van der Waals surface area contributed by atoms with Crippen molar-refractivity contribution >= 4 is 16.8 Å². The maximum absolute atomic E-state index is 12.7. The van der Waals surface area contributed by atoms with Gasteiger partial charge in [-0.25, -0.2) is 4.98 Å². The number of benzene rings is 1. The second-order valence-corrected chi connectivity index (χ2v) is 5.57. The number of fused-ring (bicyclic) bond motifs is 1. The van der Waals surface area contributed by atoms with Crippen LogP contribution in [0.25, 0.3) is 22.3 Å². The van der Waals surface area contributed by atoms with E-state index in [9.17, 15) is 4.79 Å². The van der Waals surface area contributed by atoms with Crippen LogP contribution in [0, 0.1) is 0 Å². The van der Waals surface area contributed by atoms with Crippen molar-refractivity contribution in [3.05, 3.63) is 60.3 Å². The van der Waals surface area contributed by atoms with Gasteiger partial charge in [0.2, 0.25) is 0 Å². The van der Waals surface area contributed by atoms with Gasteiger partial charge in [-0.05, 0) is 37.6 Å². The largest absolute Gasteiger partial charge is 0.350 e. The molecule has 0 fully saturated rings. The van der Waals surface area contributed by atoms with E-state index in [2.05, 4.69) is 22.2 Å². The summed E-state index contributed by atoms with van der Waals surface area (Å²) < 4.78 is 0. The van der Waals surface area contributed by atoms with Crippen LogP contribution in [0.4, 0.5) is 0 Å². The minimum Gasteiger partial charge on any atom is -0.350 e. The van der Waals surface area contributed by atoms with Crippen molar-refractivity contribution in [2.45, 2.75) is 26.3 Å². The van der Waals surface area contributed by atoms with Crippen LogP contribution in [-0.2, 0) is 0 Å². The van der Waals surface area contributed by atoms with Crippen molar-refractivity contribution in [2.24, 2.45) is 0 Å². The molecule has 0 aliphatic carbocycles. The molecule has 1 atom stereocenters. The molecule has 23 heavy (non-hydrogen) atoms. The van der Waals surface area contributed by atoms with Gasteiger partial charge in [0.05, 0.1) is 22.5 Å². The summed E-state index contributed by atoms with van der Waals surface area (Å²) in [5.41, 5.74) is 2.90. The molecule has 1 aromatic carbocycles. The Morgan fingerprint density at radius 3 is 2.65 bits per heavy atom. The standard InChI is InChI=1S/C19H19N3O/c1-3-13(2)21-19(23)15-12-18(17-10-6-7-11-20-17)22-16-9-5-4-8-14(15)16/h4-13H,3H2,1-2H3,(H,21,23)/t13-/m1/s1. The Kier molecular flexibility index (Phi) is 4.33. The van der Waals surface area contributed by atoms with Crippen LogP contribution in [0.1, 0.15) is 30.6 Å². The zero-order valence-corrected chi connectivity index (χ0v) is 13.3. The summed E-state index contributed by atoms with van der Waals surface area (Å²) in [5, 5.41) is 3.88. The number of aromatic nitrogens is 2. The summed E-state index contributed by atoms with van der Waals surface area (Å²) in [7, 11) is 0. The van der Waals surface area contributed by atoms with Gasteiger partial charge in [0, 0.05) is 17.6 Å². The summed E-state index contributed by atoms with van der Waals surface area (Å²) in [6.45, 7) is 4.05. The number of hydrogen-bond acceptors (Lipinski definition) is 3. The number of carbonyl (C=O) groups excluding carboxylic acids is 1. The smallest absolute Gasteiger partial charge is 0.252 e. The third-order valence-electron chi connectivity index (χ3n) is 3.88. The second-order valence-electron chi connectivity index (χ2n) is 5.57. The van der Waals surface area contributed by atoms with Gasteiger partial charge in [-0.15, -0.1) is 0 Å². The molecule has 4 heteroatoms. The van der Waals surface area contributed by atoms with Crippen molar-refractivity contribution in [1.82, 2.24) is 15.3 Å². The quantitative estimate of drug-likeness (QED) is 0.797. The highest BCUT2D eigenvalue weighted by Gasteiger charge is 2.15. The van der Waals surface area contributed by atoms with Crippen molar-refractivity contribution in [1.29, 1.82) is 0 Å². The zero-order valence-electron chi connectivity index (χ0n) is 13.3. The molecule has 3 rings (SSSR count). The maximum atomic E-state index is 12.7. The first-order chi connectivity index (χ1) is 11.2. The lowest BCUT2D eigenvalue weighted by Crippen LogP contribution is -2.32. The van der Waals surface area contributed by atoms with Crippen molar-refractivity contribution in [3.8, 4) is 11.4 Å². The summed E-state index contributed by atoms with van der Waals surface area (Å²) in [6.07, 6.45) is 2.62. The lowest BCUT2D eigenvalue weighted by Gasteiger charge is -2.14. The topological polar surface area (TPSA) is 54.9 Å². The van der Waals surface area contributed by atoms with Crippen molar-refractivity contribution in [3.63, 3.8) is 0 Å². The molecule has 0 saturated heterocycles. The lowest BCUT2D eigenvalue weighted by atomic mass is 10.0. The van der Waals surface area contributed by atoms with E-state index in [1.54, 1.807) is 6.20 Å². The summed E-state index contributed by atoms with van der Waals surface area (Å²) in [4.78, 5) is 21.6. The molecule has 116 valence electrons. The van der Waals surface area contributed by atoms with E-state index < -0.39 is 0 Å². The van der Waals surface area contributed by atoms with Gasteiger partial charge in [0.1, 0.15) is 0 Å². The molecule has 0 aliphatic heterocycles. The third-order valence-corrected chi connectivity index (χ3v) is 3.88. The highest BCUT2D eigenvalue weighted by molar-refractivity contribution is 6.07. The van der Waals surface area contributed by atoms with E-state index in [0.717, 1.165) is 23.0 Å². The molecule has 0 spiro atoms. The fourth-order valence-corrected chi connectivity index (χ4v) is 2.41. The second kappa shape index (κ2) is 6.57. The Balaban J connectivity index is 2.13. The first kappa shape index (κ1) is 15.2. The third kappa shape index (κ3) is 3.21. The molecule has 3 aromatic rings. The number of amides is 1. The van der Waals surface area contributed by atoms with Crippen LogP contribution in [0.3, 0.4) is 0 Å². The molecule has 1 N–H and O–H groups in total. The summed E-state index contributed by atoms with van der Waals surface area (Å²) in [5.74, 6) is -0.0740. The van der Waals surface area contributed by atoms with E-state index in [1.807, 2.05) is 55.5 Å². The monoisotopic (exact) mass is 305 g/mol. The fraction of sp³-hybridized carbons (Fsp3) is 0.211. The van der Waals surface area contributed by atoms with Gasteiger partial charge in [-0.2, -0.15) is 0 Å². The average molecular weight is 305 g/mol. The van der Waals surface area contributed by atoms with Crippen LogP contribution >= 0.6 is 0 Å². The number of nitrogens with zero attached hydrogens (tertiary/aromatic N) is 2. The Morgan fingerprint density at radius 1 is 1.13 bits per heavy atom. The van der Waals surface area contributed by atoms with Gasteiger partial charge >= 0.3 is 0 Å². The summed E-state index contributed by atoms with van der Waals surface area (Å²) in [6, 6.07) is 15.3. The van der Waals surface area contributed by atoms with E-state index >= 15 is 0 Å². The van der Waals surface area contributed by atoms with Crippen LogP contribution in [0.15, 0.2) is 54.7 Å². The number of rotatable bonds is 4. The zero-order chi connectivity index (χ0) is 16.2. The number of pyridine rings is 2. The van der Waals surface area contributed by atoms with E-state index in [-0.39, 0.29) is 11.9 Å². The molecule has 4 nitrogen and oxygen atoms in total. The SMILES string of the molecule is CC[C@@H](C)NC(=O)c1cc(-c2ccccn2)nc2ccccc12. The highest BCUT2D eigenvalue weighted by atomic mass is 16.1. The maximum Gasteiger partial charge on any atom is 0.252 e. The number of carbonyl (C=O) groups is 1. The lowest BCUT2D eigenvalue weighted by molar-refractivity contribution is 0.0941. The molecular weight excluding hydrogens is 286 g/mol. The minimum atomic E-state index is -0.0740. The van der Waals surface area contributed by atoms with Crippen LogP contribution in [-0.4, -0.2) is 21.9 Å². The first-order valence-corrected chi connectivity index (χ1v) is 7.81. The normalized spacial score (nSPS) is 12.1. The highest BCUT2D eigenvalue weighted by Crippen LogP contribution is 2.23. The van der Waals surface area contributed by atoms with E-state index in [4.69, 9.17) is 0 Å². The fourth-order valence-electron chi connectivity index (χ4n) is 2.41. The molecule has 2 heterocycles. The average Bonchev–Trinajstić information content (AvgIpc) is 2.61. The van der Waals surface area contributed by atoms with Gasteiger partial charge < -0.3 is 5.32 Å². The Hall–Kier alpha value is -2.75. The Bertz CT molecular complexity index is 830. The predicted molar refractivity (Wildman–Crippen MR) is 92.2 cm³/mol. The van der Waals surface area contributed by atoms with Crippen molar-refractivity contribution < 1.29 is 4.79 Å². The molecule has 0 saturated carbocycles. The van der Waals surface area contributed by atoms with E-state index in [0.29, 0.717) is 11.3 Å². The van der Waals surface area contributed by atoms with Gasteiger partial charge in [-0.3, -0.25) is 9.78 Å². The number of nitrogens with one attached hydrogen (secondary N) is 1. The molecule has 0 unspecified atom stereocenters. The van der Waals surface area contributed by atoms with Gasteiger partial charge in [-0.1, -0.05) is 31.2 Å². The molecule has 0 bridgehead atoms. The Labute approximate surface area is 135 Å². The molecule has 1 amide bonds. The first-order valence-electron chi connectivity index (χ1n) is 7.81. The van der Waals surface area contributed by atoms with E-state index in [1.165, 1.54) is 0 Å². The minimum absolute atomic E-state index is 0.0740. The predicted octanol–water partition coefficient (Wildman–Crippen LogP) is 3.83. The Morgan fingerprint density at radius 2 is 1.91 bits per heavy atom. The molecular formula is C19H19N3O. The molecule has 0 radical (unpaired) electrons. The van der Waals surface area contributed by atoms with Gasteiger partial charge in [0.25, 0.3) is 5.91 Å².